The van der Waals surface area contributed by atoms with E-state index in [0.717, 1.165) is 6.04 Å². The third-order valence-corrected chi connectivity index (χ3v) is 6.11. The molecule has 2 amide bonds. The average molecular weight is 397 g/mol. The summed E-state index contributed by atoms with van der Waals surface area (Å²) in [6.07, 6.45) is 1.39. The van der Waals surface area contributed by atoms with E-state index in [1.165, 1.54) is 12.5 Å². The van der Waals surface area contributed by atoms with Crippen LogP contribution in [0.25, 0.3) is 0 Å². The zero-order valence-electron chi connectivity index (χ0n) is 16.1. The van der Waals surface area contributed by atoms with Gasteiger partial charge < -0.3 is 25.1 Å². The van der Waals surface area contributed by atoms with E-state index in [9.17, 15) is 14.4 Å². The van der Waals surface area contributed by atoms with Crippen LogP contribution in [0, 0.1) is 5.92 Å². The molecule has 2 heterocycles. The van der Waals surface area contributed by atoms with Gasteiger partial charge in [0, 0.05) is 33.6 Å². The second-order valence-corrected chi connectivity index (χ2v) is 13.5. The first-order valence-electron chi connectivity index (χ1n) is 9.03. The molecule has 0 radical (unpaired) electrons. The molecular weight excluding hydrogens is 368 g/mol. The lowest BCUT2D eigenvalue weighted by Crippen LogP contribution is -2.34. The molecule has 1 aromatic rings. The van der Waals surface area contributed by atoms with Gasteiger partial charge in [-0.15, -0.1) is 0 Å². The number of aromatic nitrogens is 2. The SMILES string of the molecule is C[Si](C)(C)CCOCn1cncc1C(=O)C(C[C@@H]1CCNC1=O)OC(N)=O. The molecule has 0 bridgehead atoms. The number of nitrogens with two attached hydrogens (primary N) is 1. The number of rotatable bonds is 10. The van der Waals surface area contributed by atoms with Crippen molar-refractivity contribution in [2.75, 3.05) is 13.2 Å². The Bertz CT molecular complexity index is 685. The molecule has 1 aromatic heterocycles. The second-order valence-electron chi connectivity index (χ2n) is 7.90. The fourth-order valence-corrected chi connectivity index (χ4v) is 3.57. The summed E-state index contributed by atoms with van der Waals surface area (Å²) in [6, 6.07) is 1.01. The fourth-order valence-electron chi connectivity index (χ4n) is 2.81. The first-order valence-corrected chi connectivity index (χ1v) is 12.7. The van der Waals surface area contributed by atoms with E-state index < -0.39 is 26.1 Å². The Morgan fingerprint density at radius 3 is 2.78 bits per heavy atom. The normalized spacial score (nSPS) is 18.2. The maximum atomic E-state index is 12.9. The van der Waals surface area contributed by atoms with Crippen molar-refractivity contribution < 1.29 is 23.9 Å². The lowest BCUT2D eigenvalue weighted by Gasteiger charge is -2.19. The Hall–Kier alpha value is -2.20. The van der Waals surface area contributed by atoms with Crippen LogP contribution >= 0.6 is 0 Å². The van der Waals surface area contributed by atoms with E-state index in [4.69, 9.17) is 15.2 Å². The zero-order chi connectivity index (χ0) is 20.0. The first-order chi connectivity index (χ1) is 12.7. The van der Waals surface area contributed by atoms with Crippen molar-refractivity contribution in [3.05, 3.63) is 18.2 Å². The van der Waals surface area contributed by atoms with E-state index in [1.807, 2.05) is 0 Å². The molecule has 3 N–H and O–H groups in total. The van der Waals surface area contributed by atoms with E-state index in [-0.39, 0.29) is 30.7 Å². The number of carbonyl (C=O) groups excluding carboxylic acids is 3. The number of hydrogen-bond donors (Lipinski definition) is 2. The minimum absolute atomic E-state index is 0.0925. The van der Waals surface area contributed by atoms with Gasteiger partial charge in [0.25, 0.3) is 0 Å². The van der Waals surface area contributed by atoms with E-state index >= 15 is 0 Å². The Kier molecular flexibility index (Phi) is 7.14. The highest BCUT2D eigenvalue weighted by atomic mass is 28.3. The molecule has 0 saturated carbocycles. The highest BCUT2D eigenvalue weighted by molar-refractivity contribution is 6.76. The summed E-state index contributed by atoms with van der Waals surface area (Å²) in [7, 11) is -1.20. The number of amides is 2. The van der Waals surface area contributed by atoms with Gasteiger partial charge in [-0.3, -0.25) is 9.59 Å². The van der Waals surface area contributed by atoms with Gasteiger partial charge in [-0.1, -0.05) is 19.6 Å². The van der Waals surface area contributed by atoms with Gasteiger partial charge in [0.15, 0.2) is 6.10 Å². The van der Waals surface area contributed by atoms with E-state index in [0.29, 0.717) is 19.6 Å². The number of ketones is 1. The number of carbonyl (C=O) groups is 3. The van der Waals surface area contributed by atoms with Crippen LogP contribution in [0.15, 0.2) is 12.5 Å². The third-order valence-electron chi connectivity index (χ3n) is 4.40. The summed E-state index contributed by atoms with van der Waals surface area (Å²) in [6.45, 7) is 8.10. The number of hydrogen-bond acceptors (Lipinski definition) is 6. The third kappa shape index (κ3) is 6.47. The second kappa shape index (κ2) is 9.13. The summed E-state index contributed by atoms with van der Waals surface area (Å²) in [4.78, 5) is 39.9. The highest BCUT2D eigenvalue weighted by Gasteiger charge is 2.34. The van der Waals surface area contributed by atoms with Gasteiger partial charge in [0.1, 0.15) is 12.4 Å². The van der Waals surface area contributed by atoms with Crippen LogP contribution in [-0.4, -0.2) is 54.7 Å². The van der Waals surface area contributed by atoms with Crippen LogP contribution in [0.2, 0.25) is 25.7 Å². The molecule has 0 aliphatic carbocycles. The molecule has 9 nitrogen and oxygen atoms in total. The fraction of sp³-hybridized carbons (Fsp3) is 0.647. The Balaban J connectivity index is 2.03. The van der Waals surface area contributed by atoms with Crippen molar-refractivity contribution >= 4 is 25.9 Å². The molecule has 27 heavy (non-hydrogen) atoms. The van der Waals surface area contributed by atoms with E-state index in [1.54, 1.807) is 4.57 Å². The number of primary amides is 1. The number of nitrogens with one attached hydrogen (secondary N) is 1. The number of imidazole rings is 1. The van der Waals surface area contributed by atoms with Gasteiger partial charge in [-0.05, 0) is 12.5 Å². The van der Waals surface area contributed by atoms with E-state index in [2.05, 4.69) is 29.9 Å². The van der Waals surface area contributed by atoms with Gasteiger partial charge >= 0.3 is 6.09 Å². The minimum atomic E-state index is -1.20. The molecule has 0 aromatic carbocycles. The maximum absolute atomic E-state index is 12.9. The maximum Gasteiger partial charge on any atom is 0.405 e. The first kappa shape index (κ1) is 21.1. The topological polar surface area (TPSA) is 126 Å². The van der Waals surface area contributed by atoms with Crippen molar-refractivity contribution in [1.29, 1.82) is 0 Å². The highest BCUT2D eigenvalue weighted by Crippen LogP contribution is 2.21. The Morgan fingerprint density at radius 1 is 1.44 bits per heavy atom. The Morgan fingerprint density at radius 2 is 2.19 bits per heavy atom. The molecule has 1 saturated heterocycles. The number of ether oxygens (including phenoxy) is 2. The molecular formula is C17H28N4O5Si. The summed E-state index contributed by atoms with van der Waals surface area (Å²) >= 11 is 0. The predicted octanol–water partition coefficient (Wildman–Crippen LogP) is 1.37. The van der Waals surface area contributed by atoms with Crippen molar-refractivity contribution in [2.45, 2.75) is 51.4 Å². The standard InChI is InChI=1S/C17H28N4O5Si/c1-27(2,3)7-6-25-11-21-10-19-9-13(21)15(22)14(26-17(18)24)8-12-4-5-20-16(12)23/h9-10,12,14H,4-8,11H2,1-3H3,(H2,18,24)(H,20,23)/t12-,14?/m0/s1. The van der Waals surface area contributed by atoms with Crippen LogP contribution in [0.4, 0.5) is 4.79 Å². The Labute approximate surface area is 159 Å². The van der Waals surface area contributed by atoms with Crippen molar-refractivity contribution in [3.63, 3.8) is 0 Å². The monoisotopic (exact) mass is 396 g/mol. The number of nitrogens with zero attached hydrogens (tertiary/aromatic N) is 2. The summed E-state index contributed by atoms with van der Waals surface area (Å²) in [5.74, 6) is -0.980. The number of Topliss-reactive ketones (excluding diaryl/α,β-unsaturated/α-hetero) is 1. The molecule has 150 valence electrons. The van der Waals surface area contributed by atoms with Crippen LogP contribution in [0.3, 0.4) is 0 Å². The quantitative estimate of drug-likeness (QED) is 0.349. The molecule has 1 fully saturated rings. The van der Waals surface area contributed by atoms with Gasteiger partial charge in [0.05, 0.1) is 12.5 Å². The van der Waals surface area contributed by atoms with Crippen molar-refractivity contribution in [2.24, 2.45) is 11.7 Å². The van der Waals surface area contributed by atoms with Crippen LogP contribution in [-0.2, 0) is 21.0 Å². The van der Waals surface area contributed by atoms with Crippen LogP contribution in [0.5, 0.6) is 0 Å². The lowest BCUT2D eigenvalue weighted by atomic mass is 9.96. The van der Waals surface area contributed by atoms with Crippen LogP contribution in [0.1, 0.15) is 23.3 Å². The van der Waals surface area contributed by atoms with Crippen molar-refractivity contribution in [3.8, 4) is 0 Å². The molecule has 1 unspecified atom stereocenters. The smallest absolute Gasteiger partial charge is 0.405 e. The molecule has 2 rings (SSSR count). The molecule has 0 spiro atoms. The largest absolute Gasteiger partial charge is 0.438 e. The van der Waals surface area contributed by atoms with Crippen LogP contribution < -0.4 is 11.1 Å². The summed E-state index contributed by atoms with van der Waals surface area (Å²) in [5, 5.41) is 2.70. The van der Waals surface area contributed by atoms with Gasteiger partial charge in [-0.2, -0.15) is 0 Å². The molecule has 2 atom stereocenters. The predicted molar refractivity (Wildman–Crippen MR) is 101 cm³/mol. The minimum Gasteiger partial charge on any atom is -0.438 e. The average Bonchev–Trinajstić information content (AvgIpc) is 3.18. The van der Waals surface area contributed by atoms with Gasteiger partial charge in [0.2, 0.25) is 11.7 Å². The molecule has 1 aliphatic rings. The van der Waals surface area contributed by atoms with Gasteiger partial charge in [-0.25, -0.2) is 9.78 Å². The summed E-state index contributed by atoms with van der Waals surface area (Å²) in [5.41, 5.74) is 5.37. The molecule has 1 aliphatic heterocycles. The van der Waals surface area contributed by atoms with Crippen molar-refractivity contribution in [1.82, 2.24) is 14.9 Å². The summed E-state index contributed by atoms with van der Waals surface area (Å²) < 4.78 is 12.2. The molecule has 10 heteroatoms. The lowest BCUT2D eigenvalue weighted by molar-refractivity contribution is -0.123. The zero-order valence-corrected chi connectivity index (χ0v) is 17.1.